The minimum atomic E-state index is -0.547. The maximum Gasteiger partial charge on any atom is 0.269 e. The maximum absolute atomic E-state index is 13.4. The number of carbonyl (C=O) groups is 3. The van der Waals surface area contributed by atoms with Crippen molar-refractivity contribution in [1.82, 2.24) is 4.90 Å². The Morgan fingerprint density at radius 2 is 1.53 bits per heavy atom. The predicted octanol–water partition coefficient (Wildman–Crippen LogP) is 4.11. The molecular formula is C24H19N3O5. The zero-order valence-corrected chi connectivity index (χ0v) is 17.4. The lowest BCUT2D eigenvalue weighted by Gasteiger charge is -2.28. The zero-order valence-electron chi connectivity index (χ0n) is 17.4. The summed E-state index contributed by atoms with van der Waals surface area (Å²) in [6, 6.07) is 17.2. The third-order valence-electron chi connectivity index (χ3n) is 5.37. The number of hydrogen-bond donors (Lipinski definition) is 0. The first-order chi connectivity index (χ1) is 15.3. The van der Waals surface area contributed by atoms with Crippen molar-refractivity contribution in [3.05, 3.63) is 105 Å². The van der Waals surface area contributed by atoms with Crippen molar-refractivity contribution >= 4 is 29.1 Å². The summed E-state index contributed by atoms with van der Waals surface area (Å²) in [7, 11) is 0. The van der Waals surface area contributed by atoms with Gasteiger partial charge in [0.2, 0.25) is 0 Å². The maximum atomic E-state index is 13.4. The Kier molecular flexibility index (Phi) is 5.28. The van der Waals surface area contributed by atoms with E-state index in [1.807, 2.05) is 26.0 Å². The number of hydrogen-bond acceptors (Lipinski definition) is 5. The molecule has 0 N–H and O–H groups in total. The summed E-state index contributed by atoms with van der Waals surface area (Å²) in [5.41, 5.74) is 2.97. The number of rotatable bonds is 5. The molecule has 4 rings (SSSR count). The standard InChI is InChI=1S/C24H19N3O5/c1-15-7-12-21(16(2)13-15)25(22(28)17-8-10-18(11-9-17)27(31)32)14-26-23(29)19-5-3-4-6-20(19)24(26)30/h3-13H,14H2,1-2H3. The number of fused-ring (bicyclic) bond motifs is 1. The average Bonchev–Trinajstić information content (AvgIpc) is 3.02. The van der Waals surface area contributed by atoms with Crippen LogP contribution in [-0.2, 0) is 0 Å². The molecule has 8 nitrogen and oxygen atoms in total. The third kappa shape index (κ3) is 3.62. The van der Waals surface area contributed by atoms with Crippen LogP contribution in [0.4, 0.5) is 11.4 Å². The van der Waals surface area contributed by atoms with Gasteiger partial charge in [0.25, 0.3) is 23.4 Å². The molecule has 0 radical (unpaired) electrons. The molecule has 0 saturated heterocycles. The molecule has 3 amide bonds. The monoisotopic (exact) mass is 429 g/mol. The average molecular weight is 429 g/mol. The van der Waals surface area contributed by atoms with Gasteiger partial charge >= 0.3 is 0 Å². The smallest absolute Gasteiger partial charge is 0.269 e. The Hall–Kier alpha value is -4.33. The fraction of sp³-hybridized carbons (Fsp3) is 0.125. The van der Waals surface area contributed by atoms with Crippen molar-refractivity contribution in [3.63, 3.8) is 0 Å². The molecule has 3 aromatic rings. The first kappa shape index (κ1) is 20.9. The van der Waals surface area contributed by atoms with Gasteiger partial charge in [-0.2, -0.15) is 0 Å². The van der Waals surface area contributed by atoms with E-state index in [0.29, 0.717) is 16.8 Å². The van der Waals surface area contributed by atoms with Crippen molar-refractivity contribution in [1.29, 1.82) is 0 Å². The van der Waals surface area contributed by atoms with Crippen molar-refractivity contribution in [2.45, 2.75) is 13.8 Å². The highest BCUT2D eigenvalue weighted by atomic mass is 16.6. The quantitative estimate of drug-likeness (QED) is 0.345. The second-order valence-corrected chi connectivity index (χ2v) is 7.55. The molecule has 160 valence electrons. The summed E-state index contributed by atoms with van der Waals surface area (Å²) in [6.45, 7) is 3.47. The number of carbonyl (C=O) groups excluding carboxylic acids is 3. The summed E-state index contributed by atoms with van der Waals surface area (Å²) >= 11 is 0. The SMILES string of the molecule is Cc1ccc(N(CN2C(=O)c3ccccc3C2=O)C(=O)c2ccc([N+](=O)[O-])cc2)c(C)c1. The minimum Gasteiger partial charge on any atom is -0.289 e. The van der Waals surface area contributed by atoms with Gasteiger partial charge in [-0.1, -0.05) is 29.8 Å². The molecule has 0 aliphatic carbocycles. The normalized spacial score (nSPS) is 12.6. The molecule has 1 aliphatic heterocycles. The predicted molar refractivity (Wildman–Crippen MR) is 118 cm³/mol. The molecule has 0 unspecified atom stereocenters. The molecule has 3 aromatic carbocycles. The van der Waals surface area contributed by atoms with Crippen LogP contribution < -0.4 is 4.90 Å². The van der Waals surface area contributed by atoms with Crippen LogP contribution in [0.2, 0.25) is 0 Å². The highest BCUT2D eigenvalue weighted by Crippen LogP contribution is 2.28. The van der Waals surface area contributed by atoms with E-state index in [4.69, 9.17) is 0 Å². The Balaban J connectivity index is 1.73. The molecule has 0 fully saturated rings. The van der Waals surface area contributed by atoms with Gasteiger partial charge in [0.15, 0.2) is 0 Å². The summed E-state index contributed by atoms with van der Waals surface area (Å²) in [5.74, 6) is -1.43. The lowest BCUT2D eigenvalue weighted by molar-refractivity contribution is -0.384. The summed E-state index contributed by atoms with van der Waals surface area (Å²) in [4.78, 5) is 52.0. The van der Waals surface area contributed by atoms with Gasteiger partial charge in [0.1, 0.15) is 6.67 Å². The van der Waals surface area contributed by atoms with Crippen molar-refractivity contribution in [2.75, 3.05) is 11.6 Å². The number of amides is 3. The molecule has 0 spiro atoms. The molecule has 1 heterocycles. The van der Waals surface area contributed by atoms with Crippen LogP contribution in [0.5, 0.6) is 0 Å². The zero-order chi connectivity index (χ0) is 23.0. The lowest BCUT2D eigenvalue weighted by atomic mass is 10.1. The highest BCUT2D eigenvalue weighted by molar-refractivity contribution is 6.22. The van der Waals surface area contributed by atoms with E-state index >= 15 is 0 Å². The second kappa shape index (κ2) is 8.07. The van der Waals surface area contributed by atoms with E-state index in [1.54, 1.807) is 30.3 Å². The number of imide groups is 1. The first-order valence-corrected chi connectivity index (χ1v) is 9.86. The van der Waals surface area contributed by atoms with Gasteiger partial charge in [0.05, 0.1) is 16.1 Å². The number of benzene rings is 3. The van der Waals surface area contributed by atoms with E-state index in [2.05, 4.69) is 0 Å². The van der Waals surface area contributed by atoms with Crippen LogP contribution in [0.25, 0.3) is 0 Å². The molecule has 8 heteroatoms. The second-order valence-electron chi connectivity index (χ2n) is 7.55. The largest absolute Gasteiger partial charge is 0.289 e. The van der Waals surface area contributed by atoms with Crippen LogP contribution in [-0.4, -0.2) is 34.2 Å². The molecule has 0 atom stereocenters. The molecule has 0 bridgehead atoms. The van der Waals surface area contributed by atoms with Crippen molar-refractivity contribution in [3.8, 4) is 0 Å². The molecular weight excluding hydrogens is 410 g/mol. The molecule has 0 aromatic heterocycles. The molecule has 32 heavy (non-hydrogen) atoms. The van der Waals surface area contributed by atoms with Gasteiger partial charge in [-0.15, -0.1) is 0 Å². The fourth-order valence-electron chi connectivity index (χ4n) is 3.75. The van der Waals surface area contributed by atoms with Gasteiger partial charge < -0.3 is 0 Å². The van der Waals surface area contributed by atoms with Gasteiger partial charge in [-0.3, -0.25) is 34.3 Å². The highest BCUT2D eigenvalue weighted by Gasteiger charge is 2.37. The first-order valence-electron chi connectivity index (χ1n) is 9.86. The summed E-state index contributed by atoms with van der Waals surface area (Å²) < 4.78 is 0. The van der Waals surface area contributed by atoms with E-state index in [1.165, 1.54) is 29.2 Å². The van der Waals surface area contributed by atoms with E-state index in [0.717, 1.165) is 16.0 Å². The van der Waals surface area contributed by atoms with E-state index < -0.39 is 22.6 Å². The van der Waals surface area contributed by atoms with Gasteiger partial charge in [-0.25, -0.2) is 0 Å². The number of nitro groups is 1. The van der Waals surface area contributed by atoms with Crippen LogP contribution in [0.1, 0.15) is 42.2 Å². The molecule has 0 saturated carbocycles. The van der Waals surface area contributed by atoms with Crippen LogP contribution >= 0.6 is 0 Å². The minimum absolute atomic E-state index is 0.139. The number of nitrogens with zero attached hydrogens (tertiary/aromatic N) is 3. The topological polar surface area (TPSA) is 101 Å². The van der Waals surface area contributed by atoms with Crippen LogP contribution in [0.15, 0.2) is 66.7 Å². The number of anilines is 1. The summed E-state index contributed by atoms with van der Waals surface area (Å²) in [6.07, 6.45) is 0. The Bertz CT molecular complexity index is 1230. The Morgan fingerprint density at radius 3 is 2.06 bits per heavy atom. The van der Waals surface area contributed by atoms with Gasteiger partial charge in [-0.05, 0) is 49.7 Å². The third-order valence-corrected chi connectivity index (χ3v) is 5.37. The number of aryl methyl sites for hydroxylation is 2. The van der Waals surface area contributed by atoms with Crippen molar-refractivity contribution < 1.29 is 19.3 Å². The van der Waals surface area contributed by atoms with Crippen LogP contribution in [0.3, 0.4) is 0 Å². The fourth-order valence-corrected chi connectivity index (χ4v) is 3.75. The lowest BCUT2D eigenvalue weighted by Crippen LogP contribution is -2.44. The molecule has 1 aliphatic rings. The number of nitro benzene ring substituents is 1. The van der Waals surface area contributed by atoms with Gasteiger partial charge in [0, 0.05) is 23.4 Å². The Morgan fingerprint density at radius 1 is 0.938 bits per heavy atom. The number of non-ortho nitro benzene ring substituents is 1. The summed E-state index contributed by atoms with van der Waals surface area (Å²) in [5, 5.41) is 11.0. The Labute approximate surface area is 183 Å². The van der Waals surface area contributed by atoms with E-state index in [-0.39, 0.29) is 17.9 Å². The van der Waals surface area contributed by atoms with E-state index in [9.17, 15) is 24.5 Å². The van der Waals surface area contributed by atoms with Crippen LogP contribution in [0, 0.1) is 24.0 Å². The van der Waals surface area contributed by atoms with Crippen molar-refractivity contribution in [2.24, 2.45) is 0 Å².